The highest BCUT2D eigenvalue weighted by Gasteiger charge is 2.42. The Labute approximate surface area is 128 Å². The lowest BCUT2D eigenvalue weighted by Gasteiger charge is -2.17. The minimum Gasteiger partial charge on any atom is -0.430 e. The monoisotopic (exact) mass is 298 g/mol. The Balaban J connectivity index is 2.11. The standard InChI is InChI=1S/C18H22O2Si/c1-18(13-15-9-6-5-7-10-15)14-16(20-17(18)19)11-8-12-21(2,3)4/h5-7,9-11H,13-14H2,1-4H3. The summed E-state index contributed by atoms with van der Waals surface area (Å²) in [5.74, 6) is 3.61. The molecule has 0 spiro atoms. The summed E-state index contributed by atoms with van der Waals surface area (Å²) in [6, 6.07) is 10.1. The highest BCUT2D eigenvalue weighted by Crippen LogP contribution is 2.38. The van der Waals surface area contributed by atoms with Crippen molar-refractivity contribution in [3.63, 3.8) is 0 Å². The van der Waals surface area contributed by atoms with Crippen molar-refractivity contribution in [2.75, 3.05) is 0 Å². The van der Waals surface area contributed by atoms with Gasteiger partial charge in [0.1, 0.15) is 13.8 Å². The SMILES string of the molecule is CC1(Cc2ccccc2)CC(=CC#C[Si](C)(C)C)OC1=O. The summed E-state index contributed by atoms with van der Waals surface area (Å²) in [6.07, 6.45) is 3.10. The number of ether oxygens (including phenoxy) is 1. The van der Waals surface area contributed by atoms with Gasteiger partial charge in [-0.1, -0.05) is 55.9 Å². The van der Waals surface area contributed by atoms with E-state index >= 15 is 0 Å². The first-order valence-electron chi connectivity index (χ1n) is 7.26. The largest absolute Gasteiger partial charge is 0.430 e. The van der Waals surface area contributed by atoms with E-state index in [0.717, 1.165) is 5.56 Å². The number of carbonyl (C=O) groups is 1. The Bertz CT molecular complexity index is 614. The Kier molecular flexibility index (Phi) is 4.39. The van der Waals surface area contributed by atoms with Crippen molar-refractivity contribution in [2.45, 2.75) is 39.4 Å². The maximum Gasteiger partial charge on any atom is 0.317 e. The predicted octanol–water partition coefficient (Wildman–Crippen LogP) is 3.95. The van der Waals surface area contributed by atoms with Gasteiger partial charge in [0.15, 0.2) is 0 Å². The third-order valence-corrected chi connectivity index (χ3v) is 4.29. The van der Waals surface area contributed by atoms with E-state index in [9.17, 15) is 4.79 Å². The van der Waals surface area contributed by atoms with Crippen molar-refractivity contribution >= 4 is 14.0 Å². The smallest absolute Gasteiger partial charge is 0.317 e. The average molecular weight is 298 g/mol. The van der Waals surface area contributed by atoms with Crippen LogP contribution in [0.2, 0.25) is 19.6 Å². The molecular weight excluding hydrogens is 276 g/mol. The van der Waals surface area contributed by atoms with Crippen LogP contribution in [0.4, 0.5) is 0 Å². The van der Waals surface area contributed by atoms with Crippen LogP contribution in [0.3, 0.4) is 0 Å². The number of hydrogen-bond donors (Lipinski definition) is 0. The fourth-order valence-corrected chi connectivity index (χ4v) is 2.83. The van der Waals surface area contributed by atoms with Gasteiger partial charge in [-0.15, -0.1) is 5.54 Å². The number of cyclic esters (lactones) is 1. The molecule has 0 radical (unpaired) electrons. The molecule has 1 fully saturated rings. The molecule has 0 saturated carbocycles. The van der Waals surface area contributed by atoms with E-state index in [1.807, 2.05) is 37.3 Å². The Morgan fingerprint density at radius 3 is 2.57 bits per heavy atom. The number of esters is 1. The van der Waals surface area contributed by atoms with Crippen LogP contribution < -0.4 is 0 Å². The highest BCUT2D eigenvalue weighted by molar-refractivity contribution is 6.83. The number of allylic oxidation sites excluding steroid dienone is 2. The lowest BCUT2D eigenvalue weighted by atomic mass is 9.82. The summed E-state index contributed by atoms with van der Waals surface area (Å²) in [4.78, 5) is 12.2. The summed E-state index contributed by atoms with van der Waals surface area (Å²) < 4.78 is 5.40. The lowest BCUT2D eigenvalue weighted by molar-refractivity contribution is -0.143. The van der Waals surface area contributed by atoms with E-state index in [-0.39, 0.29) is 5.97 Å². The molecule has 110 valence electrons. The minimum atomic E-state index is -1.39. The molecule has 1 heterocycles. The number of hydrogen-bond acceptors (Lipinski definition) is 2. The first kappa shape index (κ1) is 15.6. The van der Waals surface area contributed by atoms with E-state index < -0.39 is 13.5 Å². The average Bonchev–Trinajstić information content (AvgIpc) is 2.64. The van der Waals surface area contributed by atoms with Crippen LogP contribution in [0.1, 0.15) is 18.9 Å². The maximum atomic E-state index is 12.2. The second-order valence-electron chi connectivity index (χ2n) is 6.92. The fourth-order valence-electron chi connectivity index (χ4n) is 2.33. The molecule has 0 bridgehead atoms. The number of benzene rings is 1. The zero-order valence-electron chi connectivity index (χ0n) is 13.2. The van der Waals surface area contributed by atoms with Crippen LogP contribution in [-0.2, 0) is 16.0 Å². The van der Waals surface area contributed by atoms with Crippen molar-refractivity contribution in [3.05, 3.63) is 47.7 Å². The van der Waals surface area contributed by atoms with Crippen molar-refractivity contribution in [1.29, 1.82) is 0 Å². The minimum absolute atomic E-state index is 0.146. The van der Waals surface area contributed by atoms with E-state index in [1.54, 1.807) is 6.08 Å². The number of carbonyl (C=O) groups excluding carboxylic acids is 1. The Hall–Kier alpha value is -1.79. The molecule has 2 rings (SSSR count). The van der Waals surface area contributed by atoms with Gasteiger partial charge in [-0.05, 0) is 18.9 Å². The topological polar surface area (TPSA) is 26.3 Å². The summed E-state index contributed by atoms with van der Waals surface area (Å²) >= 11 is 0. The van der Waals surface area contributed by atoms with Gasteiger partial charge in [0, 0.05) is 12.5 Å². The second kappa shape index (κ2) is 5.91. The van der Waals surface area contributed by atoms with Gasteiger partial charge in [0.25, 0.3) is 0 Å². The second-order valence-corrected chi connectivity index (χ2v) is 11.7. The molecule has 2 nitrogen and oxygen atoms in total. The van der Waals surface area contributed by atoms with Crippen LogP contribution in [0.5, 0.6) is 0 Å². The van der Waals surface area contributed by atoms with Gasteiger partial charge in [0.05, 0.1) is 5.41 Å². The molecule has 0 amide bonds. The zero-order chi connectivity index (χ0) is 15.5. The quantitative estimate of drug-likeness (QED) is 0.469. The molecular formula is C18H22O2Si. The molecule has 1 aliphatic rings. The van der Waals surface area contributed by atoms with E-state index in [0.29, 0.717) is 18.6 Å². The van der Waals surface area contributed by atoms with Gasteiger partial charge >= 0.3 is 5.97 Å². The van der Waals surface area contributed by atoms with Gasteiger partial charge in [-0.2, -0.15) is 0 Å². The third kappa shape index (κ3) is 4.34. The summed E-state index contributed by atoms with van der Waals surface area (Å²) in [5, 5.41) is 0. The maximum absolute atomic E-state index is 12.2. The van der Waals surface area contributed by atoms with Crippen molar-refractivity contribution in [1.82, 2.24) is 0 Å². The summed E-state index contributed by atoms with van der Waals surface area (Å²) in [5.41, 5.74) is 3.94. The molecule has 1 aromatic carbocycles. The fraction of sp³-hybridized carbons (Fsp3) is 0.389. The first-order chi connectivity index (χ1) is 9.78. The molecule has 1 atom stereocenters. The highest BCUT2D eigenvalue weighted by atomic mass is 28.3. The first-order valence-corrected chi connectivity index (χ1v) is 10.8. The van der Waals surface area contributed by atoms with Gasteiger partial charge in [0.2, 0.25) is 0 Å². The van der Waals surface area contributed by atoms with Crippen LogP contribution in [0.25, 0.3) is 0 Å². The normalized spacial score (nSPS) is 23.6. The van der Waals surface area contributed by atoms with Crippen LogP contribution in [0.15, 0.2) is 42.2 Å². The lowest BCUT2D eigenvalue weighted by Crippen LogP contribution is -2.24. The molecule has 0 N–H and O–H groups in total. The molecule has 1 saturated heterocycles. The van der Waals surface area contributed by atoms with Crippen LogP contribution in [-0.4, -0.2) is 14.0 Å². The molecule has 1 unspecified atom stereocenters. The van der Waals surface area contributed by atoms with Crippen molar-refractivity contribution < 1.29 is 9.53 Å². The van der Waals surface area contributed by atoms with Crippen LogP contribution >= 0.6 is 0 Å². The van der Waals surface area contributed by atoms with Gasteiger partial charge < -0.3 is 4.74 Å². The Morgan fingerprint density at radius 1 is 1.29 bits per heavy atom. The molecule has 21 heavy (non-hydrogen) atoms. The zero-order valence-corrected chi connectivity index (χ0v) is 14.2. The van der Waals surface area contributed by atoms with Gasteiger partial charge in [-0.25, -0.2) is 0 Å². The van der Waals surface area contributed by atoms with E-state index in [1.165, 1.54) is 0 Å². The van der Waals surface area contributed by atoms with E-state index in [4.69, 9.17) is 4.74 Å². The van der Waals surface area contributed by atoms with Gasteiger partial charge in [-0.3, -0.25) is 4.79 Å². The predicted molar refractivity (Wildman–Crippen MR) is 88.2 cm³/mol. The van der Waals surface area contributed by atoms with Crippen molar-refractivity contribution in [3.8, 4) is 11.5 Å². The summed E-state index contributed by atoms with van der Waals surface area (Å²) in [7, 11) is -1.39. The van der Waals surface area contributed by atoms with Crippen molar-refractivity contribution in [2.24, 2.45) is 5.41 Å². The summed E-state index contributed by atoms with van der Waals surface area (Å²) in [6.45, 7) is 8.55. The van der Waals surface area contributed by atoms with E-state index in [2.05, 4.69) is 31.1 Å². The molecule has 0 aromatic heterocycles. The molecule has 1 aromatic rings. The number of rotatable bonds is 2. The van der Waals surface area contributed by atoms with Crippen LogP contribution in [0, 0.1) is 16.9 Å². The molecule has 0 aliphatic carbocycles. The third-order valence-electron chi connectivity index (χ3n) is 3.40. The Morgan fingerprint density at radius 2 is 1.95 bits per heavy atom. The molecule has 1 aliphatic heterocycles. The molecule has 3 heteroatoms.